The summed E-state index contributed by atoms with van der Waals surface area (Å²) in [4.78, 5) is 0. The van der Waals surface area contributed by atoms with Gasteiger partial charge in [-0.1, -0.05) is 50.0 Å². The van der Waals surface area contributed by atoms with E-state index in [1.54, 1.807) is 5.57 Å². The first-order chi connectivity index (χ1) is 11.7. The Kier molecular flexibility index (Phi) is 8.51. The first-order valence-electron chi connectivity index (χ1n) is 10.1. The minimum absolute atomic E-state index is 0.224. The van der Waals surface area contributed by atoms with Crippen LogP contribution in [0.4, 0.5) is 0 Å². The van der Waals surface area contributed by atoms with E-state index in [-0.39, 0.29) is 18.1 Å². The van der Waals surface area contributed by atoms with E-state index in [1.807, 2.05) is 6.08 Å². The minimum Gasteiger partial charge on any atom is -0.392 e. The van der Waals surface area contributed by atoms with Crippen molar-refractivity contribution in [2.45, 2.75) is 83.3 Å². The third-order valence-corrected chi connectivity index (χ3v) is 5.86. The Labute approximate surface area is 148 Å². The van der Waals surface area contributed by atoms with Crippen molar-refractivity contribution in [3.63, 3.8) is 0 Å². The molecule has 0 aliphatic heterocycles. The van der Waals surface area contributed by atoms with Gasteiger partial charge in [-0.15, -0.1) is 0 Å². The van der Waals surface area contributed by atoms with Gasteiger partial charge in [0.05, 0.1) is 12.2 Å². The van der Waals surface area contributed by atoms with Crippen molar-refractivity contribution >= 4 is 0 Å². The van der Waals surface area contributed by atoms with Crippen LogP contribution in [0.3, 0.4) is 0 Å². The summed E-state index contributed by atoms with van der Waals surface area (Å²) in [6, 6.07) is 0. The van der Waals surface area contributed by atoms with Crippen LogP contribution in [0.25, 0.3) is 0 Å². The summed E-state index contributed by atoms with van der Waals surface area (Å²) in [6.07, 6.45) is 16.8. The fourth-order valence-electron chi connectivity index (χ4n) is 4.49. The second-order valence-electron chi connectivity index (χ2n) is 7.81. The van der Waals surface area contributed by atoms with Crippen LogP contribution in [0.1, 0.15) is 71.1 Å². The second kappa shape index (κ2) is 10.4. The highest BCUT2D eigenvalue weighted by Crippen LogP contribution is 2.50. The van der Waals surface area contributed by atoms with Crippen LogP contribution in [0.5, 0.6) is 0 Å². The number of unbranched alkanes of at least 4 members (excludes halogenated alkanes) is 4. The summed E-state index contributed by atoms with van der Waals surface area (Å²) < 4.78 is 0. The van der Waals surface area contributed by atoms with Crippen LogP contribution in [-0.4, -0.2) is 29.0 Å². The van der Waals surface area contributed by atoms with E-state index >= 15 is 0 Å². The van der Waals surface area contributed by atoms with Crippen LogP contribution < -0.4 is 5.73 Å². The van der Waals surface area contributed by atoms with Gasteiger partial charge in [-0.3, -0.25) is 0 Å². The van der Waals surface area contributed by atoms with Gasteiger partial charge in [0.1, 0.15) is 0 Å². The summed E-state index contributed by atoms with van der Waals surface area (Å²) in [6.45, 7) is 2.96. The van der Waals surface area contributed by atoms with E-state index in [1.165, 1.54) is 19.3 Å². The standard InChI is InChI=1S/C21H37NO2/c1-2-3-5-9-18(23)10-11-19-20-14-16(8-6-4-7-12-22)13-17(20)15-21(19)24/h8,10-11,17-21,23-24H,2-7,9,12-15,22H2,1H3/b11-10+,16-8?/t17-,18-,19+,20-,21+/m0/s1. The van der Waals surface area contributed by atoms with Crippen LogP contribution in [-0.2, 0) is 0 Å². The largest absolute Gasteiger partial charge is 0.392 e. The number of allylic oxidation sites excluding steroid dienone is 2. The fraction of sp³-hybridized carbons (Fsp3) is 0.810. The molecule has 138 valence electrons. The highest BCUT2D eigenvalue weighted by atomic mass is 16.3. The van der Waals surface area contributed by atoms with Gasteiger partial charge >= 0.3 is 0 Å². The molecule has 24 heavy (non-hydrogen) atoms. The van der Waals surface area contributed by atoms with Crippen LogP contribution in [0.2, 0.25) is 0 Å². The number of nitrogens with two attached hydrogens (primary N) is 1. The van der Waals surface area contributed by atoms with Crippen LogP contribution >= 0.6 is 0 Å². The molecule has 0 saturated heterocycles. The lowest BCUT2D eigenvalue weighted by molar-refractivity contribution is 0.139. The second-order valence-corrected chi connectivity index (χ2v) is 7.81. The third kappa shape index (κ3) is 5.72. The predicted octanol–water partition coefficient (Wildman–Crippen LogP) is 3.95. The Balaban J connectivity index is 1.83. The molecule has 5 atom stereocenters. The molecule has 0 heterocycles. The zero-order chi connectivity index (χ0) is 17.4. The van der Waals surface area contributed by atoms with E-state index in [2.05, 4.69) is 19.1 Å². The van der Waals surface area contributed by atoms with E-state index < -0.39 is 0 Å². The van der Waals surface area contributed by atoms with Gasteiger partial charge in [0, 0.05) is 5.92 Å². The van der Waals surface area contributed by atoms with Crippen molar-refractivity contribution in [3.05, 3.63) is 23.8 Å². The molecule has 2 aliphatic rings. The summed E-state index contributed by atoms with van der Waals surface area (Å²) in [5.41, 5.74) is 7.13. The number of fused-ring (bicyclic) bond motifs is 1. The van der Waals surface area contributed by atoms with Gasteiger partial charge < -0.3 is 15.9 Å². The Morgan fingerprint density at radius 3 is 2.79 bits per heavy atom. The van der Waals surface area contributed by atoms with Crippen LogP contribution in [0, 0.1) is 17.8 Å². The van der Waals surface area contributed by atoms with Crippen molar-refractivity contribution in [2.75, 3.05) is 6.54 Å². The van der Waals surface area contributed by atoms with Crippen LogP contribution in [0.15, 0.2) is 23.8 Å². The lowest BCUT2D eigenvalue weighted by atomic mass is 9.90. The first kappa shape index (κ1) is 19.7. The average Bonchev–Trinajstić information content (AvgIpc) is 3.06. The summed E-state index contributed by atoms with van der Waals surface area (Å²) in [7, 11) is 0. The number of rotatable bonds is 10. The molecule has 2 rings (SSSR count). The Morgan fingerprint density at radius 2 is 2.04 bits per heavy atom. The molecule has 2 aliphatic carbocycles. The molecule has 0 amide bonds. The van der Waals surface area contributed by atoms with Crippen molar-refractivity contribution in [3.8, 4) is 0 Å². The highest BCUT2D eigenvalue weighted by Gasteiger charge is 2.44. The number of aliphatic hydroxyl groups is 2. The smallest absolute Gasteiger partial charge is 0.0721 e. The molecule has 2 fully saturated rings. The zero-order valence-electron chi connectivity index (χ0n) is 15.4. The van der Waals surface area contributed by atoms with Gasteiger partial charge in [0.15, 0.2) is 0 Å². The Bertz CT molecular complexity index is 418. The van der Waals surface area contributed by atoms with Gasteiger partial charge in [-0.25, -0.2) is 0 Å². The lowest BCUT2D eigenvalue weighted by Gasteiger charge is -2.17. The van der Waals surface area contributed by atoms with Gasteiger partial charge in [-0.05, 0) is 63.3 Å². The molecular formula is C21H37NO2. The number of aliphatic hydroxyl groups excluding tert-OH is 2. The molecule has 4 N–H and O–H groups in total. The van der Waals surface area contributed by atoms with E-state index in [9.17, 15) is 10.2 Å². The maximum absolute atomic E-state index is 10.4. The van der Waals surface area contributed by atoms with Gasteiger partial charge in [-0.2, -0.15) is 0 Å². The molecule has 0 aromatic heterocycles. The SMILES string of the molecule is CCCCC[C@H](O)/C=C/[C@@H]1[C@H]2CC(=CCCCCN)C[C@H]2C[C@H]1O. The maximum atomic E-state index is 10.4. The van der Waals surface area contributed by atoms with Gasteiger partial charge in [0.2, 0.25) is 0 Å². The van der Waals surface area contributed by atoms with Crippen molar-refractivity contribution in [1.82, 2.24) is 0 Å². The van der Waals surface area contributed by atoms with Gasteiger partial charge in [0.25, 0.3) is 0 Å². The molecule has 0 unspecified atom stereocenters. The summed E-state index contributed by atoms with van der Waals surface area (Å²) in [5, 5.41) is 20.5. The topological polar surface area (TPSA) is 66.5 Å². The molecule has 0 aromatic carbocycles. The first-order valence-corrected chi connectivity index (χ1v) is 10.1. The molecule has 0 bridgehead atoms. The Hall–Kier alpha value is -0.640. The minimum atomic E-state index is -0.351. The Morgan fingerprint density at radius 1 is 1.21 bits per heavy atom. The molecule has 2 saturated carbocycles. The third-order valence-electron chi connectivity index (χ3n) is 5.86. The summed E-state index contributed by atoms with van der Waals surface area (Å²) in [5.74, 6) is 1.43. The van der Waals surface area contributed by atoms with Crippen molar-refractivity contribution in [2.24, 2.45) is 23.5 Å². The average molecular weight is 336 g/mol. The highest BCUT2D eigenvalue weighted by molar-refractivity contribution is 5.17. The zero-order valence-corrected chi connectivity index (χ0v) is 15.4. The number of hydrogen-bond donors (Lipinski definition) is 3. The quantitative estimate of drug-likeness (QED) is 0.418. The molecule has 3 nitrogen and oxygen atoms in total. The van der Waals surface area contributed by atoms with E-state index in [0.29, 0.717) is 11.8 Å². The number of hydrogen-bond acceptors (Lipinski definition) is 3. The molecule has 3 heteroatoms. The summed E-state index contributed by atoms with van der Waals surface area (Å²) >= 11 is 0. The van der Waals surface area contributed by atoms with Crippen molar-refractivity contribution < 1.29 is 10.2 Å². The lowest BCUT2D eigenvalue weighted by Crippen LogP contribution is -2.17. The molecule has 0 radical (unpaired) electrons. The monoisotopic (exact) mass is 335 g/mol. The normalized spacial score (nSPS) is 32.8. The maximum Gasteiger partial charge on any atom is 0.0721 e. The molecule has 0 aromatic rings. The molecule has 0 spiro atoms. The van der Waals surface area contributed by atoms with Crippen molar-refractivity contribution in [1.29, 1.82) is 0 Å². The predicted molar refractivity (Wildman–Crippen MR) is 101 cm³/mol. The fourth-order valence-corrected chi connectivity index (χ4v) is 4.49. The van der Waals surface area contributed by atoms with E-state index in [0.717, 1.165) is 51.5 Å². The van der Waals surface area contributed by atoms with E-state index in [4.69, 9.17) is 5.73 Å². The molecular weight excluding hydrogens is 298 g/mol.